The van der Waals surface area contributed by atoms with Gasteiger partial charge < -0.3 is 24.0 Å². The first-order chi connectivity index (χ1) is 7.06. The van der Waals surface area contributed by atoms with Gasteiger partial charge in [-0.05, 0) is 6.42 Å². The van der Waals surface area contributed by atoms with E-state index >= 15 is 0 Å². The van der Waals surface area contributed by atoms with Crippen molar-refractivity contribution < 1.29 is 28.6 Å². The van der Waals surface area contributed by atoms with Crippen LogP contribution in [0.2, 0.25) is 0 Å². The van der Waals surface area contributed by atoms with Crippen LogP contribution in [0, 0.1) is 0 Å². The van der Waals surface area contributed by atoms with Crippen LogP contribution < -0.4 is 0 Å². The molecule has 0 amide bonds. The van der Waals surface area contributed by atoms with Crippen molar-refractivity contribution in [1.82, 2.24) is 0 Å². The van der Waals surface area contributed by atoms with E-state index in [4.69, 9.17) is 24.0 Å². The highest BCUT2D eigenvalue weighted by Gasteiger charge is 2.11. The highest BCUT2D eigenvalue weighted by Crippen LogP contribution is 2.33. The molecule has 0 rings (SSSR count). The Hall–Kier alpha value is 0.0300. The lowest BCUT2D eigenvalue weighted by Gasteiger charge is -2.06. The maximum absolute atomic E-state index is 10.3. The van der Waals surface area contributed by atoms with Gasteiger partial charge in [-0.15, -0.1) is 0 Å². The molecule has 0 aliphatic carbocycles. The standard InChI is InChI=1S/C8H19O6P/c1-2-3-12-4-5-13-6-7-14-8-15(9,10)11/h2-8H2,1H3,(H2,9,10,11). The molecular formula is C8H19O6P. The summed E-state index contributed by atoms with van der Waals surface area (Å²) in [5.74, 6) is 0. The highest BCUT2D eigenvalue weighted by atomic mass is 31.2. The molecule has 0 aliphatic heterocycles. The number of ether oxygens (including phenoxy) is 3. The fourth-order valence-corrected chi connectivity index (χ4v) is 1.13. The van der Waals surface area contributed by atoms with E-state index in [0.29, 0.717) is 19.8 Å². The second-order valence-corrected chi connectivity index (χ2v) is 4.51. The maximum atomic E-state index is 10.3. The van der Waals surface area contributed by atoms with Crippen LogP contribution in [0.4, 0.5) is 0 Å². The van der Waals surface area contributed by atoms with Crippen LogP contribution in [0.5, 0.6) is 0 Å². The van der Waals surface area contributed by atoms with Gasteiger partial charge in [-0.2, -0.15) is 0 Å². The molecule has 0 heterocycles. The average Bonchev–Trinajstić information content (AvgIpc) is 2.14. The summed E-state index contributed by atoms with van der Waals surface area (Å²) in [7, 11) is -4.04. The van der Waals surface area contributed by atoms with Gasteiger partial charge in [0, 0.05) is 6.61 Å². The van der Waals surface area contributed by atoms with Crippen LogP contribution >= 0.6 is 7.60 Å². The zero-order valence-electron chi connectivity index (χ0n) is 8.92. The normalized spacial score (nSPS) is 11.9. The van der Waals surface area contributed by atoms with Gasteiger partial charge in [-0.25, -0.2) is 0 Å². The van der Waals surface area contributed by atoms with Crippen LogP contribution in [0.3, 0.4) is 0 Å². The van der Waals surface area contributed by atoms with Gasteiger partial charge in [0.25, 0.3) is 0 Å². The molecule has 0 fully saturated rings. The first-order valence-corrected chi connectivity index (χ1v) is 6.64. The molecule has 0 aromatic carbocycles. The van der Waals surface area contributed by atoms with Gasteiger partial charge in [-0.1, -0.05) is 6.92 Å². The molecule has 0 aliphatic rings. The molecule has 0 saturated carbocycles. The second-order valence-electron chi connectivity index (χ2n) is 2.93. The summed E-state index contributed by atoms with van der Waals surface area (Å²) < 4.78 is 25.3. The Morgan fingerprint density at radius 1 is 0.933 bits per heavy atom. The second kappa shape index (κ2) is 9.27. The van der Waals surface area contributed by atoms with Crippen LogP contribution in [0.15, 0.2) is 0 Å². The van der Waals surface area contributed by atoms with E-state index in [-0.39, 0.29) is 6.61 Å². The molecule has 0 unspecified atom stereocenters. The molecule has 15 heavy (non-hydrogen) atoms. The first kappa shape index (κ1) is 15.0. The summed E-state index contributed by atoms with van der Waals surface area (Å²) in [6, 6.07) is 0. The van der Waals surface area contributed by atoms with Crippen molar-refractivity contribution in [2.24, 2.45) is 0 Å². The summed E-state index contributed by atoms with van der Waals surface area (Å²) in [6.45, 7) is 4.24. The Balaban J connectivity index is 3.02. The Bertz CT molecular complexity index is 180. The van der Waals surface area contributed by atoms with Crippen molar-refractivity contribution in [1.29, 1.82) is 0 Å². The maximum Gasteiger partial charge on any atom is 0.350 e. The van der Waals surface area contributed by atoms with Crippen LogP contribution in [0.1, 0.15) is 13.3 Å². The van der Waals surface area contributed by atoms with E-state index in [1.807, 2.05) is 6.92 Å². The van der Waals surface area contributed by atoms with Crippen molar-refractivity contribution in [2.45, 2.75) is 13.3 Å². The minimum atomic E-state index is -4.04. The van der Waals surface area contributed by atoms with E-state index in [0.717, 1.165) is 13.0 Å². The molecule has 0 aromatic heterocycles. The molecule has 0 spiro atoms. The lowest BCUT2D eigenvalue weighted by Crippen LogP contribution is -2.10. The van der Waals surface area contributed by atoms with Crippen molar-refractivity contribution >= 4 is 7.60 Å². The van der Waals surface area contributed by atoms with Gasteiger partial charge in [0.15, 0.2) is 0 Å². The molecule has 0 atom stereocenters. The monoisotopic (exact) mass is 242 g/mol. The van der Waals surface area contributed by atoms with Gasteiger partial charge in [0.1, 0.15) is 6.35 Å². The van der Waals surface area contributed by atoms with Gasteiger partial charge in [-0.3, -0.25) is 4.57 Å². The van der Waals surface area contributed by atoms with Crippen LogP contribution in [-0.4, -0.2) is 49.2 Å². The van der Waals surface area contributed by atoms with E-state index in [1.54, 1.807) is 0 Å². The SMILES string of the molecule is CCCOCCOCCOCP(=O)(O)O. The molecule has 0 saturated heterocycles. The fraction of sp³-hybridized carbons (Fsp3) is 1.00. The van der Waals surface area contributed by atoms with E-state index in [9.17, 15) is 4.57 Å². The molecule has 6 nitrogen and oxygen atoms in total. The topological polar surface area (TPSA) is 85.2 Å². The first-order valence-electron chi connectivity index (χ1n) is 4.84. The zero-order chi connectivity index (χ0) is 11.6. The molecule has 0 bridgehead atoms. The van der Waals surface area contributed by atoms with Gasteiger partial charge in [0.2, 0.25) is 0 Å². The predicted molar refractivity (Wildman–Crippen MR) is 54.8 cm³/mol. The lowest BCUT2D eigenvalue weighted by molar-refractivity contribution is 0.0202. The predicted octanol–water partition coefficient (Wildman–Crippen LogP) is 0.581. The van der Waals surface area contributed by atoms with Crippen molar-refractivity contribution in [3.63, 3.8) is 0 Å². The average molecular weight is 242 g/mol. The summed E-state index contributed by atoms with van der Waals surface area (Å²) >= 11 is 0. The summed E-state index contributed by atoms with van der Waals surface area (Å²) in [5.41, 5.74) is 0. The van der Waals surface area contributed by atoms with Crippen molar-refractivity contribution in [2.75, 3.05) is 39.4 Å². The largest absolute Gasteiger partial charge is 0.379 e. The Kier molecular flexibility index (Phi) is 9.29. The Morgan fingerprint density at radius 2 is 1.40 bits per heavy atom. The molecule has 0 aromatic rings. The molecule has 7 heteroatoms. The third-order valence-electron chi connectivity index (χ3n) is 1.35. The molecule has 92 valence electrons. The van der Waals surface area contributed by atoms with Gasteiger partial charge >= 0.3 is 7.60 Å². The summed E-state index contributed by atoms with van der Waals surface area (Å²) in [4.78, 5) is 16.9. The van der Waals surface area contributed by atoms with E-state index in [1.165, 1.54) is 0 Å². The third kappa shape index (κ3) is 14.0. The molecule has 0 radical (unpaired) electrons. The number of hydrogen-bond acceptors (Lipinski definition) is 4. The highest BCUT2D eigenvalue weighted by molar-refractivity contribution is 7.51. The Morgan fingerprint density at radius 3 is 1.87 bits per heavy atom. The van der Waals surface area contributed by atoms with E-state index in [2.05, 4.69) is 0 Å². The zero-order valence-corrected chi connectivity index (χ0v) is 9.82. The fourth-order valence-electron chi connectivity index (χ4n) is 0.768. The van der Waals surface area contributed by atoms with Crippen LogP contribution in [0.25, 0.3) is 0 Å². The van der Waals surface area contributed by atoms with Crippen molar-refractivity contribution in [3.8, 4) is 0 Å². The summed E-state index contributed by atoms with van der Waals surface area (Å²) in [5, 5.41) is 0. The minimum absolute atomic E-state index is 0.179. The van der Waals surface area contributed by atoms with Gasteiger partial charge in [0.05, 0.1) is 26.4 Å². The number of rotatable bonds is 10. The molecule has 2 N–H and O–H groups in total. The van der Waals surface area contributed by atoms with Crippen molar-refractivity contribution in [3.05, 3.63) is 0 Å². The van der Waals surface area contributed by atoms with E-state index < -0.39 is 13.9 Å². The minimum Gasteiger partial charge on any atom is -0.379 e. The molecular weight excluding hydrogens is 223 g/mol. The quantitative estimate of drug-likeness (QED) is 0.430. The Labute approximate surface area is 89.7 Å². The smallest absolute Gasteiger partial charge is 0.350 e. The number of hydrogen-bond donors (Lipinski definition) is 2. The lowest BCUT2D eigenvalue weighted by atomic mass is 10.5. The summed E-state index contributed by atoms with van der Waals surface area (Å²) in [6.07, 6.45) is 0.425. The third-order valence-corrected chi connectivity index (χ3v) is 1.87. The van der Waals surface area contributed by atoms with Crippen LogP contribution in [-0.2, 0) is 18.8 Å².